The lowest BCUT2D eigenvalue weighted by Gasteiger charge is -2.14. The minimum absolute atomic E-state index is 0.184. The summed E-state index contributed by atoms with van der Waals surface area (Å²) < 4.78 is 10.3. The minimum Gasteiger partial charge on any atom is -0.465 e. The summed E-state index contributed by atoms with van der Waals surface area (Å²) in [5, 5.41) is 0.728. The fourth-order valence-electron chi connectivity index (χ4n) is 2.98. The number of ether oxygens (including phenoxy) is 1. The Hall–Kier alpha value is -3.21. The summed E-state index contributed by atoms with van der Waals surface area (Å²) in [5.74, 6) is -1.98. The average Bonchev–Trinajstić information content (AvgIpc) is 2.61. The second-order valence-electron chi connectivity index (χ2n) is 5.90. The maximum absolute atomic E-state index is 12.1. The van der Waals surface area contributed by atoms with Crippen LogP contribution in [0.2, 0.25) is 0 Å². The normalized spacial score (nSPS) is 11.9. The Bertz CT molecular complexity index is 1020. The Labute approximate surface area is 150 Å². The first kappa shape index (κ1) is 17.6. The van der Waals surface area contributed by atoms with Gasteiger partial charge in [0.05, 0.1) is 6.61 Å². The highest BCUT2D eigenvalue weighted by molar-refractivity contribution is 6.04. The van der Waals surface area contributed by atoms with Crippen LogP contribution in [0, 0.1) is 0 Å². The van der Waals surface area contributed by atoms with Crippen molar-refractivity contribution in [1.29, 1.82) is 0 Å². The third kappa shape index (κ3) is 3.42. The molecule has 0 amide bonds. The number of hydrogen-bond acceptors (Lipinski definition) is 5. The average molecular weight is 350 g/mol. The summed E-state index contributed by atoms with van der Waals surface area (Å²) in [6.07, 6.45) is 0. The van der Waals surface area contributed by atoms with E-state index in [1.807, 2.05) is 30.3 Å². The molecule has 1 heterocycles. The Morgan fingerprint density at radius 3 is 2.46 bits per heavy atom. The molecule has 0 saturated carbocycles. The van der Waals surface area contributed by atoms with Crippen LogP contribution >= 0.6 is 0 Å². The first-order chi connectivity index (χ1) is 12.5. The van der Waals surface area contributed by atoms with Gasteiger partial charge in [-0.15, -0.1) is 0 Å². The van der Waals surface area contributed by atoms with Gasteiger partial charge in [0, 0.05) is 11.5 Å². The molecule has 5 heteroatoms. The van der Waals surface area contributed by atoms with Gasteiger partial charge in [-0.25, -0.2) is 4.79 Å². The van der Waals surface area contributed by atoms with Gasteiger partial charge in [-0.2, -0.15) is 0 Å². The summed E-state index contributed by atoms with van der Waals surface area (Å²) in [5.41, 5.74) is 1.88. The molecule has 3 rings (SSSR count). The van der Waals surface area contributed by atoms with Crippen LogP contribution in [0.5, 0.6) is 0 Å². The topological polar surface area (TPSA) is 73.6 Å². The number of benzene rings is 2. The highest BCUT2D eigenvalue weighted by atomic mass is 16.5. The van der Waals surface area contributed by atoms with E-state index in [0.29, 0.717) is 11.1 Å². The maximum Gasteiger partial charge on any atom is 0.336 e. The van der Waals surface area contributed by atoms with E-state index in [9.17, 15) is 14.4 Å². The first-order valence-electron chi connectivity index (χ1n) is 8.31. The van der Waals surface area contributed by atoms with E-state index in [4.69, 9.17) is 9.15 Å². The summed E-state index contributed by atoms with van der Waals surface area (Å²) in [4.78, 5) is 36.1. The molecule has 0 N–H and O–H groups in total. The van der Waals surface area contributed by atoms with Crippen molar-refractivity contribution in [3.63, 3.8) is 0 Å². The molecule has 1 unspecified atom stereocenters. The monoisotopic (exact) mass is 350 g/mol. The summed E-state index contributed by atoms with van der Waals surface area (Å²) in [6.45, 7) is 3.20. The Morgan fingerprint density at radius 1 is 1.08 bits per heavy atom. The Balaban J connectivity index is 2.17. The first-order valence-corrected chi connectivity index (χ1v) is 8.31. The van der Waals surface area contributed by atoms with Gasteiger partial charge in [0.25, 0.3) is 0 Å². The number of carbonyl (C=O) groups excluding carboxylic acids is 2. The molecule has 0 bridgehead atoms. The van der Waals surface area contributed by atoms with Gasteiger partial charge in [0.1, 0.15) is 17.3 Å². The molecule has 3 aromatic rings. The van der Waals surface area contributed by atoms with E-state index in [1.54, 1.807) is 25.1 Å². The molecule has 26 heavy (non-hydrogen) atoms. The molecular formula is C21H18O5. The van der Waals surface area contributed by atoms with Crippen molar-refractivity contribution in [3.05, 3.63) is 70.6 Å². The zero-order valence-corrected chi connectivity index (χ0v) is 14.5. The van der Waals surface area contributed by atoms with Gasteiger partial charge in [0.2, 0.25) is 0 Å². The molecule has 1 aromatic heterocycles. The molecular weight excluding hydrogens is 332 g/mol. The Morgan fingerprint density at radius 2 is 1.81 bits per heavy atom. The van der Waals surface area contributed by atoms with Gasteiger partial charge in [-0.1, -0.05) is 42.5 Å². The second kappa shape index (κ2) is 7.35. The molecule has 0 aliphatic carbocycles. The van der Waals surface area contributed by atoms with Crippen LogP contribution in [-0.4, -0.2) is 18.4 Å². The van der Waals surface area contributed by atoms with Crippen molar-refractivity contribution in [3.8, 4) is 11.1 Å². The van der Waals surface area contributed by atoms with Crippen molar-refractivity contribution in [2.75, 3.05) is 6.61 Å². The van der Waals surface area contributed by atoms with Crippen LogP contribution in [-0.2, 0) is 14.3 Å². The number of esters is 1. The summed E-state index contributed by atoms with van der Waals surface area (Å²) >= 11 is 0. The van der Waals surface area contributed by atoms with E-state index in [1.165, 1.54) is 13.0 Å². The lowest BCUT2D eigenvalue weighted by atomic mass is 9.93. The number of rotatable bonds is 5. The van der Waals surface area contributed by atoms with E-state index in [0.717, 1.165) is 16.5 Å². The quantitative estimate of drug-likeness (QED) is 0.398. The predicted octanol–water partition coefficient (Wildman–Crippen LogP) is 3.70. The second-order valence-corrected chi connectivity index (χ2v) is 5.90. The number of carbonyl (C=O) groups is 2. The lowest BCUT2D eigenvalue weighted by Crippen LogP contribution is -2.22. The number of fused-ring (bicyclic) bond motifs is 1. The van der Waals surface area contributed by atoms with Crippen molar-refractivity contribution in [1.82, 2.24) is 0 Å². The Kier molecular flexibility index (Phi) is 4.98. The van der Waals surface area contributed by atoms with Crippen molar-refractivity contribution >= 4 is 22.7 Å². The minimum atomic E-state index is -1.04. The molecule has 0 aliphatic rings. The third-order valence-electron chi connectivity index (χ3n) is 4.12. The molecule has 2 aromatic carbocycles. The molecule has 132 valence electrons. The molecule has 0 radical (unpaired) electrons. The maximum atomic E-state index is 12.1. The molecule has 0 spiro atoms. The summed E-state index contributed by atoms with van der Waals surface area (Å²) in [7, 11) is 0. The lowest BCUT2D eigenvalue weighted by molar-refractivity contribution is -0.147. The zero-order valence-electron chi connectivity index (χ0n) is 14.5. The van der Waals surface area contributed by atoms with Crippen LogP contribution in [0.25, 0.3) is 22.1 Å². The summed E-state index contributed by atoms with van der Waals surface area (Å²) in [6, 6.07) is 15.9. The highest BCUT2D eigenvalue weighted by Crippen LogP contribution is 2.30. The molecule has 0 aliphatic heterocycles. The predicted molar refractivity (Wildman–Crippen MR) is 98.0 cm³/mol. The van der Waals surface area contributed by atoms with Gasteiger partial charge in [-0.3, -0.25) is 9.59 Å². The van der Waals surface area contributed by atoms with Gasteiger partial charge in [-0.05, 0) is 36.6 Å². The number of hydrogen-bond donors (Lipinski definition) is 0. The zero-order chi connectivity index (χ0) is 18.7. The van der Waals surface area contributed by atoms with Crippen LogP contribution in [0.3, 0.4) is 0 Å². The molecule has 1 atom stereocenters. The smallest absolute Gasteiger partial charge is 0.336 e. The largest absolute Gasteiger partial charge is 0.465 e. The van der Waals surface area contributed by atoms with E-state index >= 15 is 0 Å². The van der Waals surface area contributed by atoms with Crippen molar-refractivity contribution < 1.29 is 18.7 Å². The van der Waals surface area contributed by atoms with Crippen LogP contribution in [0.15, 0.2) is 63.8 Å². The molecule has 0 fully saturated rings. The number of Topliss-reactive ketones (excluding diaryl/α,β-unsaturated/α-hetero) is 1. The van der Waals surface area contributed by atoms with E-state index in [2.05, 4.69) is 0 Å². The highest BCUT2D eigenvalue weighted by Gasteiger charge is 2.27. The standard InChI is InChI=1S/C21H18O5/c1-3-25-21(24)20(13(2)22)15-9-10-16-17(14-7-5-4-6-8-14)12-19(23)26-18(16)11-15/h4-12,20H,3H2,1-2H3. The fourth-order valence-corrected chi connectivity index (χ4v) is 2.98. The van der Waals surface area contributed by atoms with Crippen LogP contribution < -0.4 is 5.63 Å². The SMILES string of the molecule is CCOC(=O)C(C(C)=O)c1ccc2c(-c3ccccc3)cc(=O)oc2c1. The molecule has 5 nitrogen and oxygen atoms in total. The number of ketones is 1. The van der Waals surface area contributed by atoms with Gasteiger partial charge in [0.15, 0.2) is 0 Å². The van der Waals surface area contributed by atoms with Gasteiger partial charge < -0.3 is 9.15 Å². The van der Waals surface area contributed by atoms with Crippen molar-refractivity contribution in [2.45, 2.75) is 19.8 Å². The fraction of sp³-hybridized carbons (Fsp3) is 0.190. The van der Waals surface area contributed by atoms with E-state index in [-0.39, 0.29) is 12.4 Å². The third-order valence-corrected chi connectivity index (χ3v) is 4.12. The molecule has 0 saturated heterocycles. The van der Waals surface area contributed by atoms with Gasteiger partial charge >= 0.3 is 11.6 Å². The van der Waals surface area contributed by atoms with Crippen molar-refractivity contribution in [2.24, 2.45) is 0 Å². The van der Waals surface area contributed by atoms with Crippen LogP contribution in [0.4, 0.5) is 0 Å². The van der Waals surface area contributed by atoms with E-state index < -0.39 is 17.5 Å². The van der Waals surface area contributed by atoms with Crippen LogP contribution in [0.1, 0.15) is 25.3 Å².